The maximum atomic E-state index is 14.9. The summed E-state index contributed by atoms with van der Waals surface area (Å²) in [4.78, 5) is 71.4. The van der Waals surface area contributed by atoms with Gasteiger partial charge in [-0.1, -0.05) is 38.1 Å². The molecule has 7 atom stereocenters. The van der Waals surface area contributed by atoms with Gasteiger partial charge in [0.1, 0.15) is 11.7 Å². The van der Waals surface area contributed by atoms with Gasteiger partial charge in [0.25, 0.3) is 5.56 Å². The first-order valence-corrected chi connectivity index (χ1v) is 21.2. The zero-order chi connectivity index (χ0) is 40.1. The first kappa shape index (κ1) is 40.6. The lowest BCUT2D eigenvalue weighted by Crippen LogP contribution is -2.48. The van der Waals surface area contributed by atoms with E-state index in [0.717, 1.165) is 6.42 Å². The number of ether oxygens (including phenoxy) is 2. The Balaban J connectivity index is 1.37. The molecule has 1 N–H and O–H groups in total. The number of esters is 1. The monoisotopic (exact) mass is 780 g/mol. The maximum absolute atomic E-state index is 14.9. The average Bonchev–Trinajstić information content (AvgIpc) is 3.99. The number of Topliss-reactive ketones (excluding diaryl/α,β-unsaturated/α-hetero) is 1. The summed E-state index contributed by atoms with van der Waals surface area (Å²) < 4.78 is 41.2. The van der Waals surface area contributed by atoms with E-state index < -0.39 is 55.7 Å². The van der Waals surface area contributed by atoms with Crippen molar-refractivity contribution < 1.29 is 37.1 Å². The van der Waals surface area contributed by atoms with E-state index in [1.54, 1.807) is 58.9 Å². The van der Waals surface area contributed by atoms with E-state index in [1.165, 1.54) is 9.58 Å². The van der Waals surface area contributed by atoms with Crippen molar-refractivity contribution in [3.63, 3.8) is 0 Å². The maximum Gasteiger partial charge on any atom is 0.307 e. The number of ketones is 1. The molecule has 2 aromatic rings. The quantitative estimate of drug-likeness (QED) is 0.281. The number of benzene rings is 1. The molecule has 3 heterocycles. The van der Waals surface area contributed by atoms with Crippen molar-refractivity contribution in [1.29, 1.82) is 0 Å². The van der Waals surface area contributed by atoms with Crippen molar-refractivity contribution in [1.82, 2.24) is 19.4 Å². The summed E-state index contributed by atoms with van der Waals surface area (Å²) in [6.07, 6.45) is 6.21. The Hall–Kier alpha value is -4.07. The number of aromatic nitrogens is 2. The van der Waals surface area contributed by atoms with Crippen LogP contribution in [0.25, 0.3) is 10.8 Å². The molecule has 1 aromatic heterocycles. The van der Waals surface area contributed by atoms with Crippen LogP contribution in [0.1, 0.15) is 106 Å². The molecule has 4 aliphatic rings. The molecule has 2 saturated carbocycles. The molecule has 0 spiro atoms. The van der Waals surface area contributed by atoms with Gasteiger partial charge in [0.2, 0.25) is 27.7 Å². The number of carbonyl (C=O) groups excluding carboxylic acids is 4. The second-order valence-electron chi connectivity index (χ2n) is 17.7. The first-order valence-electron chi connectivity index (χ1n) is 19.7. The number of rotatable bonds is 8. The summed E-state index contributed by atoms with van der Waals surface area (Å²) in [7, 11) is -3.97. The van der Waals surface area contributed by atoms with Crippen LogP contribution < -0.4 is 15.0 Å². The third kappa shape index (κ3) is 8.53. The fourth-order valence-electron chi connectivity index (χ4n) is 8.31. The molecule has 0 unspecified atom stereocenters. The number of fused-ring (bicyclic) bond motifs is 3. The fourth-order valence-corrected chi connectivity index (χ4v) is 9.64. The van der Waals surface area contributed by atoms with Crippen molar-refractivity contribution in [2.45, 2.75) is 135 Å². The second-order valence-corrected chi connectivity index (χ2v) is 19.9. The van der Waals surface area contributed by atoms with Crippen LogP contribution in [0.2, 0.25) is 0 Å². The highest BCUT2D eigenvalue weighted by Gasteiger charge is 2.62. The number of carbonyl (C=O) groups is 4. The number of amides is 2. The number of nitrogens with zero attached hydrogens (tertiary/aromatic N) is 3. The van der Waals surface area contributed by atoms with Crippen molar-refractivity contribution >= 4 is 44.4 Å². The highest BCUT2D eigenvalue weighted by Crippen LogP contribution is 2.57. The van der Waals surface area contributed by atoms with Gasteiger partial charge in [-0.05, 0) is 103 Å². The number of sulfonamides is 1. The van der Waals surface area contributed by atoms with E-state index in [9.17, 15) is 32.4 Å². The van der Waals surface area contributed by atoms with Crippen LogP contribution in [-0.2, 0) is 40.5 Å². The van der Waals surface area contributed by atoms with Gasteiger partial charge < -0.3 is 14.4 Å². The molecule has 14 heteroatoms. The summed E-state index contributed by atoms with van der Waals surface area (Å²) in [5.41, 5.74) is -2.32. The molecular weight excluding hydrogens is 725 g/mol. The van der Waals surface area contributed by atoms with Gasteiger partial charge in [-0.25, -0.2) is 13.1 Å². The Kier molecular flexibility index (Phi) is 11.2. The SMILES string of the molecule is CCn1nc(O[C@@H]2C[C@H]3C(=O)C[C@]4(C(=O)NS(=O)(=O)C5(C)CC5)C[C@H]4/C=C\CC[C@H](C)C[C@@H](C)[C@H](CC(=O)OC(C)(C)C)C(=O)N3C2)c2ccccc2c1=O. The fraction of sp³-hybridized carbons (Fsp3) is 0.659. The Morgan fingerprint density at radius 2 is 1.75 bits per heavy atom. The molecule has 2 amide bonds. The van der Waals surface area contributed by atoms with E-state index in [-0.39, 0.29) is 66.7 Å². The Labute approximate surface area is 323 Å². The van der Waals surface area contributed by atoms with Crippen molar-refractivity contribution in [2.75, 3.05) is 6.54 Å². The Morgan fingerprint density at radius 3 is 2.40 bits per heavy atom. The van der Waals surface area contributed by atoms with Crippen LogP contribution in [0, 0.1) is 29.1 Å². The molecule has 55 heavy (non-hydrogen) atoms. The zero-order valence-corrected chi connectivity index (χ0v) is 33.9. The predicted octanol–water partition coefficient (Wildman–Crippen LogP) is 5.09. The normalized spacial score (nSPS) is 30.3. The number of nitrogens with one attached hydrogen (secondary N) is 1. The van der Waals surface area contributed by atoms with E-state index in [4.69, 9.17) is 9.47 Å². The Bertz CT molecular complexity index is 2050. The van der Waals surface area contributed by atoms with Gasteiger partial charge in [-0.2, -0.15) is 0 Å². The summed E-state index contributed by atoms with van der Waals surface area (Å²) in [6.45, 7) is 13.1. The molecule has 0 radical (unpaired) electrons. The molecule has 1 aromatic carbocycles. The highest BCUT2D eigenvalue weighted by molar-refractivity contribution is 7.91. The summed E-state index contributed by atoms with van der Waals surface area (Å²) in [5.74, 6) is -2.98. The molecule has 1 saturated heterocycles. The van der Waals surface area contributed by atoms with Crippen LogP contribution in [-0.4, -0.2) is 75.7 Å². The van der Waals surface area contributed by atoms with Crippen LogP contribution >= 0.6 is 0 Å². The minimum Gasteiger partial charge on any atom is -0.471 e. The van der Waals surface area contributed by atoms with Gasteiger partial charge in [0.05, 0.1) is 45.9 Å². The minimum absolute atomic E-state index is 0.00114. The lowest BCUT2D eigenvalue weighted by molar-refractivity contribution is -0.160. The summed E-state index contributed by atoms with van der Waals surface area (Å²) in [5, 5.41) is 5.42. The van der Waals surface area contributed by atoms with Crippen molar-refractivity contribution in [2.24, 2.45) is 29.1 Å². The van der Waals surface area contributed by atoms with Crippen molar-refractivity contribution in [3.8, 4) is 5.88 Å². The van der Waals surface area contributed by atoms with Gasteiger partial charge >= 0.3 is 5.97 Å². The van der Waals surface area contributed by atoms with Gasteiger partial charge in [-0.15, -0.1) is 5.10 Å². The van der Waals surface area contributed by atoms with E-state index in [0.29, 0.717) is 49.4 Å². The standard InChI is InChI=1S/C41H56N4O9S/c1-8-45-37(49)30-16-12-11-15-29(30)35(42-45)53-28-20-32-33(46)23-41(38(50)43-55(51,52)40(7)17-18-40)22-27(41)14-10-9-13-25(2)19-26(3)31(36(48)44(32)24-28)21-34(47)54-39(4,5)6/h10-12,14-16,25-28,31-32H,8-9,13,17-24H2,1-7H3,(H,43,50)/b14-10-/t25-,26+,27+,28+,31-,32-,41+/m0/s1. The lowest BCUT2D eigenvalue weighted by Gasteiger charge is -2.32. The molecule has 13 nitrogen and oxygen atoms in total. The average molecular weight is 781 g/mol. The van der Waals surface area contributed by atoms with Crippen molar-refractivity contribution in [3.05, 3.63) is 46.8 Å². The van der Waals surface area contributed by atoms with Crippen LogP contribution in [0.4, 0.5) is 0 Å². The molecule has 2 aliphatic carbocycles. The third-order valence-corrected chi connectivity index (χ3v) is 14.2. The van der Waals surface area contributed by atoms with Gasteiger partial charge in [0.15, 0.2) is 5.78 Å². The van der Waals surface area contributed by atoms with Gasteiger partial charge in [0, 0.05) is 19.4 Å². The lowest BCUT2D eigenvalue weighted by atomic mass is 9.82. The van der Waals surface area contributed by atoms with E-state index in [2.05, 4.69) is 16.7 Å². The summed E-state index contributed by atoms with van der Waals surface area (Å²) in [6, 6.07) is 5.94. The smallest absolute Gasteiger partial charge is 0.307 e. The van der Waals surface area contributed by atoms with Gasteiger partial charge in [-0.3, -0.25) is 28.7 Å². The van der Waals surface area contributed by atoms with Crippen LogP contribution in [0.3, 0.4) is 0 Å². The Morgan fingerprint density at radius 1 is 1.05 bits per heavy atom. The molecule has 3 fully saturated rings. The number of aryl methyl sites for hydroxylation is 1. The third-order valence-electron chi connectivity index (χ3n) is 12.0. The second kappa shape index (κ2) is 15.1. The first-order chi connectivity index (χ1) is 25.8. The highest BCUT2D eigenvalue weighted by atomic mass is 32.2. The largest absolute Gasteiger partial charge is 0.471 e. The molecule has 300 valence electrons. The predicted molar refractivity (Wildman–Crippen MR) is 206 cm³/mol. The molecule has 2 aliphatic heterocycles. The molecule has 0 bridgehead atoms. The topological polar surface area (TPSA) is 171 Å². The number of hydrogen-bond donors (Lipinski definition) is 1. The molecular formula is C41H56N4O9S. The zero-order valence-electron chi connectivity index (χ0n) is 33.1. The van der Waals surface area contributed by atoms with Crippen LogP contribution in [0.5, 0.6) is 5.88 Å². The summed E-state index contributed by atoms with van der Waals surface area (Å²) >= 11 is 0. The minimum atomic E-state index is -3.97. The number of allylic oxidation sites excluding steroid dienone is 2. The molecule has 6 rings (SSSR count). The van der Waals surface area contributed by atoms with Crippen LogP contribution in [0.15, 0.2) is 41.2 Å². The van der Waals surface area contributed by atoms with E-state index in [1.807, 2.05) is 19.1 Å². The number of hydrogen-bond acceptors (Lipinski definition) is 10. The van der Waals surface area contributed by atoms with E-state index >= 15 is 0 Å².